The topological polar surface area (TPSA) is 81.6 Å². The molecule has 5 aliphatic rings. The highest BCUT2D eigenvalue weighted by Gasteiger charge is 2.76. The zero-order chi connectivity index (χ0) is 24.4. The van der Waals surface area contributed by atoms with Gasteiger partial charge in [0.1, 0.15) is 0 Å². The quantitative estimate of drug-likeness (QED) is 0.544. The number of aliphatic hydroxyl groups excluding tert-OH is 2. The number of hydrogen-bond acceptors (Lipinski definition) is 5. The molecule has 3 aliphatic carbocycles. The molecular weight excluding hydrogens is 462 g/mol. The predicted molar refractivity (Wildman–Crippen MR) is 136 cm³/mol. The number of nitrogens with zero attached hydrogens (tertiary/aromatic N) is 2. The van der Waals surface area contributed by atoms with Crippen molar-refractivity contribution >= 4 is 28.1 Å². The van der Waals surface area contributed by atoms with Crippen molar-refractivity contribution in [2.24, 2.45) is 17.3 Å². The predicted octanol–water partition coefficient (Wildman–Crippen LogP) is 4.11. The summed E-state index contributed by atoms with van der Waals surface area (Å²) in [6, 6.07) is 6.49. The van der Waals surface area contributed by atoms with Gasteiger partial charge in [0.2, 0.25) is 0 Å². The molecule has 0 radical (unpaired) electrons. The van der Waals surface area contributed by atoms with Crippen LogP contribution in [0.2, 0.25) is 0 Å². The average molecular weight is 498 g/mol. The molecular formula is C28H36ClN3O3. The van der Waals surface area contributed by atoms with Crippen LogP contribution in [0, 0.1) is 17.3 Å². The summed E-state index contributed by atoms with van der Waals surface area (Å²) < 4.78 is 7.33. The number of allylic oxidation sites excluding steroid dienone is 2. The Bertz CT molecular complexity index is 1230. The minimum Gasteiger partial charge on any atom is -0.390 e. The molecule has 2 bridgehead atoms. The third kappa shape index (κ3) is 2.73. The van der Waals surface area contributed by atoms with Crippen LogP contribution in [0.25, 0.3) is 16.5 Å². The van der Waals surface area contributed by atoms with Crippen LogP contribution in [-0.2, 0) is 4.74 Å². The van der Waals surface area contributed by atoms with Gasteiger partial charge in [-0.1, -0.05) is 19.1 Å². The van der Waals surface area contributed by atoms with Crippen LogP contribution in [0.4, 0.5) is 0 Å². The number of benzene rings is 1. The molecule has 1 aromatic carbocycles. The van der Waals surface area contributed by atoms with E-state index in [0.29, 0.717) is 5.92 Å². The van der Waals surface area contributed by atoms with Crippen LogP contribution in [-0.4, -0.2) is 73.7 Å². The van der Waals surface area contributed by atoms with E-state index in [1.807, 2.05) is 25.2 Å². The summed E-state index contributed by atoms with van der Waals surface area (Å²) in [6.07, 6.45) is 8.87. The van der Waals surface area contributed by atoms with Crippen LogP contribution in [0.5, 0.6) is 0 Å². The number of alkyl halides is 1. The molecule has 1 aromatic heterocycles. The third-order valence-corrected chi connectivity index (χ3v) is 11.6. The molecule has 2 aromatic rings. The smallest absolute Gasteiger partial charge is 0.0958 e. The summed E-state index contributed by atoms with van der Waals surface area (Å²) in [5.41, 5.74) is 2.91. The minimum atomic E-state index is -0.810. The Kier molecular flexibility index (Phi) is 4.62. The number of likely N-dealkylation sites (N-methyl/N-ethyl adjacent to an activating group) is 1. The van der Waals surface area contributed by atoms with Crippen LogP contribution >= 0.6 is 11.6 Å². The van der Waals surface area contributed by atoms with Gasteiger partial charge in [-0.05, 0) is 87.7 Å². The molecule has 7 heteroatoms. The molecule has 2 saturated heterocycles. The van der Waals surface area contributed by atoms with E-state index in [0.717, 1.165) is 55.8 Å². The third-order valence-electron chi connectivity index (χ3n) is 11.0. The van der Waals surface area contributed by atoms with Gasteiger partial charge >= 0.3 is 0 Å². The molecule has 4 fully saturated rings. The van der Waals surface area contributed by atoms with Gasteiger partial charge < -0.3 is 19.8 Å². The lowest BCUT2D eigenvalue weighted by molar-refractivity contribution is -0.276. The van der Waals surface area contributed by atoms with Gasteiger partial charge in [-0.2, -0.15) is 5.10 Å². The molecule has 2 spiro atoms. The highest BCUT2D eigenvalue weighted by Crippen LogP contribution is 2.73. The van der Waals surface area contributed by atoms with Gasteiger partial charge in [0, 0.05) is 23.3 Å². The Labute approximate surface area is 211 Å². The number of hydrogen-bond donors (Lipinski definition) is 3. The maximum atomic E-state index is 11.3. The summed E-state index contributed by atoms with van der Waals surface area (Å²) in [7, 11) is 3.97. The first kappa shape index (κ1) is 22.7. The van der Waals surface area contributed by atoms with E-state index < -0.39 is 28.3 Å². The summed E-state index contributed by atoms with van der Waals surface area (Å²) in [6.45, 7) is 2.42. The second kappa shape index (κ2) is 7.11. The fourth-order valence-electron chi connectivity index (χ4n) is 9.12. The number of rotatable bonds is 2. The molecule has 2 saturated carbocycles. The van der Waals surface area contributed by atoms with Crippen LogP contribution in [0.15, 0.2) is 30.5 Å². The van der Waals surface area contributed by atoms with Gasteiger partial charge in [-0.25, -0.2) is 0 Å². The molecule has 3 heterocycles. The van der Waals surface area contributed by atoms with Gasteiger partial charge in [0.15, 0.2) is 0 Å². The maximum Gasteiger partial charge on any atom is 0.0958 e. The molecule has 6 nitrogen and oxygen atoms in total. The average Bonchev–Trinajstić information content (AvgIpc) is 3.52. The van der Waals surface area contributed by atoms with Gasteiger partial charge in [0.25, 0.3) is 0 Å². The van der Waals surface area contributed by atoms with Crippen molar-refractivity contribution in [3.8, 4) is 0 Å². The van der Waals surface area contributed by atoms with Gasteiger partial charge in [0.05, 0.1) is 40.0 Å². The number of nitrogens with one attached hydrogen (secondary N) is 1. The second-order valence-corrected chi connectivity index (χ2v) is 13.3. The Hall–Kier alpha value is -1.44. The second-order valence-electron chi connectivity index (χ2n) is 12.5. The van der Waals surface area contributed by atoms with Crippen molar-refractivity contribution in [1.82, 2.24) is 15.1 Å². The molecule has 2 aliphatic heterocycles. The Morgan fingerprint density at radius 2 is 1.94 bits per heavy atom. The largest absolute Gasteiger partial charge is 0.390 e. The Morgan fingerprint density at radius 1 is 1.11 bits per heavy atom. The summed E-state index contributed by atoms with van der Waals surface area (Å²) in [5, 5.41) is 30.6. The molecule has 35 heavy (non-hydrogen) atoms. The van der Waals surface area contributed by atoms with Crippen LogP contribution < -0.4 is 0 Å². The van der Waals surface area contributed by atoms with Gasteiger partial charge in [-0.15, -0.1) is 11.6 Å². The first-order valence-electron chi connectivity index (χ1n) is 13.2. The van der Waals surface area contributed by atoms with Crippen LogP contribution in [0.1, 0.15) is 57.4 Å². The molecule has 3 N–H and O–H groups in total. The summed E-state index contributed by atoms with van der Waals surface area (Å²) in [4.78, 5) is 1.54. The SMILES string of the molecule is CN(C)C1CC23CCC4(O2)C2CC=C(c5ccc6[nH]ncc6c5)C2(C)CCC4(Cl)CC3C(O)C1O. The van der Waals surface area contributed by atoms with E-state index >= 15 is 0 Å². The molecule has 0 amide bonds. The van der Waals surface area contributed by atoms with Crippen molar-refractivity contribution in [3.05, 3.63) is 36.0 Å². The van der Waals surface area contributed by atoms with Gasteiger partial charge in [-0.3, -0.25) is 5.10 Å². The Morgan fingerprint density at radius 3 is 2.74 bits per heavy atom. The number of fused-ring (bicyclic) bond motifs is 2. The van der Waals surface area contributed by atoms with E-state index in [-0.39, 0.29) is 17.4 Å². The molecule has 9 unspecified atom stereocenters. The number of aromatic amines is 1. The fraction of sp³-hybridized carbons (Fsp3) is 0.679. The normalized spacial score (nSPS) is 48.5. The summed E-state index contributed by atoms with van der Waals surface area (Å²) in [5.74, 6) is 0.182. The van der Waals surface area contributed by atoms with Crippen molar-refractivity contribution in [2.75, 3.05) is 14.1 Å². The van der Waals surface area contributed by atoms with Crippen molar-refractivity contribution in [3.63, 3.8) is 0 Å². The highest BCUT2D eigenvalue weighted by atomic mass is 35.5. The lowest BCUT2D eigenvalue weighted by Crippen LogP contribution is -2.72. The fourth-order valence-corrected chi connectivity index (χ4v) is 9.64. The zero-order valence-corrected chi connectivity index (χ0v) is 21.6. The number of aliphatic hydroxyl groups is 2. The molecule has 188 valence electrons. The zero-order valence-electron chi connectivity index (χ0n) is 20.8. The number of halogens is 1. The van der Waals surface area contributed by atoms with E-state index in [1.165, 1.54) is 11.1 Å². The number of H-pyrrole nitrogens is 1. The van der Waals surface area contributed by atoms with E-state index in [1.54, 1.807) is 0 Å². The highest BCUT2D eigenvalue weighted by molar-refractivity contribution is 6.25. The maximum absolute atomic E-state index is 11.3. The van der Waals surface area contributed by atoms with Crippen LogP contribution in [0.3, 0.4) is 0 Å². The first-order valence-corrected chi connectivity index (χ1v) is 13.6. The van der Waals surface area contributed by atoms with Crippen molar-refractivity contribution in [2.45, 2.75) is 86.2 Å². The molecule has 7 rings (SSSR count). The van der Waals surface area contributed by atoms with Crippen molar-refractivity contribution in [1.29, 1.82) is 0 Å². The van der Waals surface area contributed by atoms with E-state index in [4.69, 9.17) is 16.3 Å². The van der Waals surface area contributed by atoms with E-state index in [2.05, 4.69) is 41.4 Å². The number of aromatic nitrogens is 2. The first-order chi connectivity index (χ1) is 16.6. The number of ether oxygens (including phenoxy) is 1. The van der Waals surface area contributed by atoms with E-state index in [9.17, 15) is 10.2 Å². The lowest BCUT2D eigenvalue weighted by atomic mass is 9.52. The monoisotopic (exact) mass is 497 g/mol. The Balaban J connectivity index is 1.28. The van der Waals surface area contributed by atoms with Crippen molar-refractivity contribution < 1.29 is 14.9 Å². The standard InChI is InChI=1S/C28H36ClN3O3/c1-25-8-10-27(29)13-19-23(33)24(34)21(32(2)3)14-26(19)9-11-28(27,35-26)22(25)7-5-18(25)16-4-6-20-17(12-16)15-30-31-20/h4-6,12,15,19,21-24,33-34H,7-11,13-14H2,1-3H3,(H,30,31). The molecule has 9 atom stereocenters. The minimum absolute atomic E-state index is 0.0120. The lowest BCUT2D eigenvalue weighted by Gasteiger charge is -2.65. The summed E-state index contributed by atoms with van der Waals surface area (Å²) >= 11 is 7.61.